The van der Waals surface area contributed by atoms with Crippen molar-refractivity contribution in [1.29, 1.82) is 0 Å². The quantitative estimate of drug-likeness (QED) is 0.522. The number of hydrogen-bond acceptors (Lipinski definition) is 6. The van der Waals surface area contributed by atoms with Crippen molar-refractivity contribution in [1.82, 2.24) is 9.62 Å². The van der Waals surface area contributed by atoms with E-state index in [0.717, 1.165) is 6.07 Å². The summed E-state index contributed by atoms with van der Waals surface area (Å²) in [6.07, 6.45) is 0. The molecule has 0 heterocycles. The molecule has 0 aromatic heterocycles. The van der Waals surface area contributed by atoms with Crippen LogP contribution >= 0.6 is 11.6 Å². The number of benzene rings is 1. The molecule has 0 radical (unpaired) electrons. The third kappa shape index (κ3) is 5.75. The number of carbonyl (C=O) groups is 2. The molecular weight excluding hydrogens is 360 g/mol. The van der Waals surface area contributed by atoms with Crippen LogP contribution in [0.3, 0.4) is 0 Å². The summed E-state index contributed by atoms with van der Waals surface area (Å²) in [6, 6.07) is 3.63. The molecule has 24 heavy (non-hydrogen) atoms. The molecular formula is C14H19ClN2O6S. The van der Waals surface area contributed by atoms with Gasteiger partial charge in [-0.1, -0.05) is 11.6 Å². The highest BCUT2D eigenvalue weighted by molar-refractivity contribution is 7.89. The van der Waals surface area contributed by atoms with Gasteiger partial charge in [-0.05, 0) is 18.2 Å². The lowest BCUT2D eigenvalue weighted by Crippen LogP contribution is -2.28. The maximum Gasteiger partial charge on any atom is 0.340 e. The number of rotatable bonds is 8. The molecule has 1 N–H and O–H groups in total. The number of hydrogen-bond donors (Lipinski definition) is 1. The van der Waals surface area contributed by atoms with Gasteiger partial charge in [-0.3, -0.25) is 4.79 Å². The molecule has 1 rings (SSSR count). The molecule has 0 aliphatic carbocycles. The standard InChI is InChI=1S/C14H19ClN2O6S/c1-17(2)13(18)9-23-14(19)11-8-10(4-5-12(11)15)24(20,21)16-6-7-22-3/h4-5,8,16H,6-7,9H2,1-3H3. The van der Waals surface area contributed by atoms with E-state index in [9.17, 15) is 18.0 Å². The van der Waals surface area contributed by atoms with Gasteiger partial charge in [0.2, 0.25) is 10.0 Å². The number of sulfonamides is 1. The minimum Gasteiger partial charge on any atom is -0.452 e. The summed E-state index contributed by atoms with van der Waals surface area (Å²) < 4.78 is 36.2. The van der Waals surface area contributed by atoms with Crippen LogP contribution in [0, 0.1) is 0 Å². The van der Waals surface area contributed by atoms with Crippen LogP contribution in [0.5, 0.6) is 0 Å². The number of carbonyl (C=O) groups excluding carboxylic acids is 2. The van der Waals surface area contributed by atoms with Crippen molar-refractivity contribution in [3.63, 3.8) is 0 Å². The predicted molar refractivity (Wildman–Crippen MR) is 87.5 cm³/mol. The Morgan fingerprint density at radius 2 is 1.96 bits per heavy atom. The number of nitrogens with one attached hydrogen (secondary N) is 1. The monoisotopic (exact) mass is 378 g/mol. The van der Waals surface area contributed by atoms with Gasteiger partial charge in [0.25, 0.3) is 5.91 Å². The maximum atomic E-state index is 12.1. The predicted octanol–water partition coefficient (Wildman–Crippen LogP) is 0.510. The normalized spacial score (nSPS) is 11.2. The topological polar surface area (TPSA) is 102 Å². The second-order valence-corrected chi connectivity index (χ2v) is 7.07. The molecule has 0 saturated heterocycles. The van der Waals surface area contributed by atoms with Crippen LogP contribution in [0.25, 0.3) is 0 Å². The van der Waals surface area contributed by atoms with Gasteiger partial charge in [0, 0.05) is 27.7 Å². The lowest BCUT2D eigenvalue weighted by Gasteiger charge is -2.12. The largest absolute Gasteiger partial charge is 0.452 e. The summed E-state index contributed by atoms with van der Waals surface area (Å²) in [5, 5.41) is 0.0214. The molecule has 0 aliphatic heterocycles. The second-order valence-electron chi connectivity index (χ2n) is 4.90. The Bertz CT molecular complexity index is 705. The second kappa shape index (κ2) is 8.97. The minimum atomic E-state index is -3.82. The smallest absolute Gasteiger partial charge is 0.340 e. The molecule has 8 nitrogen and oxygen atoms in total. The molecule has 1 aromatic carbocycles. The van der Waals surface area contributed by atoms with Gasteiger partial charge < -0.3 is 14.4 Å². The van der Waals surface area contributed by atoms with Gasteiger partial charge in [0.1, 0.15) is 0 Å². The number of esters is 1. The Morgan fingerprint density at radius 1 is 1.29 bits per heavy atom. The highest BCUT2D eigenvalue weighted by atomic mass is 35.5. The van der Waals surface area contributed by atoms with Crippen LogP contribution in [0.2, 0.25) is 5.02 Å². The van der Waals surface area contributed by atoms with Crippen molar-refractivity contribution >= 4 is 33.5 Å². The van der Waals surface area contributed by atoms with Crippen molar-refractivity contribution in [2.75, 3.05) is 41.0 Å². The average molecular weight is 379 g/mol. The van der Waals surface area contributed by atoms with E-state index < -0.39 is 28.5 Å². The van der Waals surface area contributed by atoms with Crippen LogP contribution in [0.15, 0.2) is 23.1 Å². The highest BCUT2D eigenvalue weighted by Crippen LogP contribution is 2.21. The molecule has 0 atom stereocenters. The van der Waals surface area contributed by atoms with E-state index in [0.29, 0.717) is 0 Å². The fourth-order valence-corrected chi connectivity index (χ4v) is 2.76. The van der Waals surface area contributed by atoms with E-state index in [1.807, 2.05) is 0 Å². The molecule has 1 aromatic rings. The number of nitrogens with zero attached hydrogens (tertiary/aromatic N) is 1. The van der Waals surface area contributed by atoms with Gasteiger partial charge in [0.05, 0.1) is 22.1 Å². The summed E-state index contributed by atoms with van der Waals surface area (Å²) in [5.74, 6) is -1.30. The van der Waals surface area contributed by atoms with Gasteiger partial charge >= 0.3 is 5.97 Å². The lowest BCUT2D eigenvalue weighted by atomic mass is 10.2. The molecule has 0 unspecified atom stereocenters. The van der Waals surface area contributed by atoms with Gasteiger partial charge in [0.15, 0.2) is 6.61 Å². The fourth-order valence-electron chi connectivity index (χ4n) is 1.52. The van der Waals surface area contributed by atoms with Crippen LogP contribution in [-0.2, 0) is 24.3 Å². The molecule has 0 aliphatic rings. The van der Waals surface area contributed by atoms with Crippen molar-refractivity contribution < 1.29 is 27.5 Å². The van der Waals surface area contributed by atoms with Gasteiger partial charge in [-0.25, -0.2) is 17.9 Å². The number of amides is 1. The molecule has 0 bridgehead atoms. The van der Waals surface area contributed by atoms with E-state index in [1.165, 1.54) is 38.2 Å². The first kappa shape index (κ1) is 20.4. The highest BCUT2D eigenvalue weighted by Gasteiger charge is 2.20. The zero-order chi connectivity index (χ0) is 18.3. The SMILES string of the molecule is COCCNS(=O)(=O)c1ccc(Cl)c(C(=O)OCC(=O)N(C)C)c1. The minimum absolute atomic E-state index is 0.0214. The van der Waals surface area contributed by atoms with Crippen molar-refractivity contribution in [2.45, 2.75) is 4.90 Å². The first-order valence-corrected chi connectivity index (χ1v) is 8.70. The third-order valence-corrected chi connectivity index (χ3v) is 4.68. The van der Waals surface area contributed by atoms with Crippen molar-refractivity contribution in [2.24, 2.45) is 0 Å². The fraction of sp³-hybridized carbons (Fsp3) is 0.429. The van der Waals surface area contributed by atoms with E-state index in [4.69, 9.17) is 21.1 Å². The summed E-state index contributed by atoms with van der Waals surface area (Å²) in [4.78, 5) is 24.6. The summed E-state index contributed by atoms with van der Waals surface area (Å²) in [6.45, 7) is -0.182. The van der Waals surface area contributed by atoms with Crippen LogP contribution in [0.4, 0.5) is 0 Å². The number of likely N-dealkylation sites (N-methyl/N-ethyl adjacent to an activating group) is 1. The lowest BCUT2D eigenvalue weighted by molar-refractivity contribution is -0.131. The van der Waals surface area contributed by atoms with E-state index in [-0.39, 0.29) is 28.6 Å². The Balaban J connectivity index is 2.93. The van der Waals surface area contributed by atoms with E-state index in [1.54, 1.807) is 0 Å². The van der Waals surface area contributed by atoms with Crippen molar-refractivity contribution in [3.05, 3.63) is 28.8 Å². The zero-order valence-corrected chi connectivity index (χ0v) is 15.1. The van der Waals surface area contributed by atoms with Crippen LogP contribution in [-0.4, -0.2) is 66.2 Å². The number of ether oxygens (including phenoxy) is 2. The molecule has 134 valence electrons. The molecule has 0 fully saturated rings. The summed E-state index contributed by atoms with van der Waals surface area (Å²) in [5.41, 5.74) is -0.141. The summed E-state index contributed by atoms with van der Waals surface area (Å²) in [7, 11) is 0.654. The first-order chi connectivity index (χ1) is 11.2. The molecule has 10 heteroatoms. The maximum absolute atomic E-state index is 12.1. The van der Waals surface area contributed by atoms with Gasteiger partial charge in [-0.2, -0.15) is 0 Å². The Kier molecular flexibility index (Phi) is 7.61. The Labute approximate surface area is 145 Å². The number of methoxy groups -OCH3 is 1. The average Bonchev–Trinajstić information content (AvgIpc) is 2.52. The van der Waals surface area contributed by atoms with E-state index in [2.05, 4.69) is 4.72 Å². The summed E-state index contributed by atoms with van der Waals surface area (Å²) >= 11 is 5.91. The third-order valence-electron chi connectivity index (χ3n) is 2.89. The number of halogens is 1. The van der Waals surface area contributed by atoms with E-state index >= 15 is 0 Å². The zero-order valence-electron chi connectivity index (χ0n) is 13.5. The Hall–Kier alpha value is -1.68. The van der Waals surface area contributed by atoms with Gasteiger partial charge in [-0.15, -0.1) is 0 Å². The van der Waals surface area contributed by atoms with Crippen molar-refractivity contribution in [3.8, 4) is 0 Å². The molecule has 0 spiro atoms. The molecule has 1 amide bonds. The Morgan fingerprint density at radius 3 is 2.54 bits per heavy atom. The van der Waals surface area contributed by atoms with Crippen LogP contribution < -0.4 is 4.72 Å². The molecule has 0 saturated carbocycles. The first-order valence-electron chi connectivity index (χ1n) is 6.84. The van der Waals surface area contributed by atoms with Crippen LogP contribution in [0.1, 0.15) is 10.4 Å².